The minimum Gasteiger partial charge on any atom is -0.324 e. The van der Waals surface area contributed by atoms with Gasteiger partial charge in [0, 0.05) is 6.04 Å². The number of hydrogen-bond donors (Lipinski definition) is 1. The third kappa shape index (κ3) is 2.50. The van der Waals surface area contributed by atoms with Crippen molar-refractivity contribution < 1.29 is 4.39 Å². The highest BCUT2D eigenvalue weighted by atomic mass is 35.5. The molecule has 1 fully saturated rings. The Morgan fingerprint density at radius 3 is 2.53 bits per heavy atom. The Bertz CT molecular complexity index is 336. The van der Waals surface area contributed by atoms with Crippen molar-refractivity contribution in [1.29, 1.82) is 0 Å². The monoisotopic (exact) mass is 229 g/mol. The van der Waals surface area contributed by atoms with Crippen LogP contribution in [0, 0.1) is 18.7 Å². The normalized spacial score (nSPS) is 17.8. The molecule has 1 atom stereocenters. The fourth-order valence-electron chi connectivity index (χ4n) is 1.89. The van der Waals surface area contributed by atoms with Gasteiger partial charge in [-0.15, -0.1) is 12.4 Å². The van der Waals surface area contributed by atoms with Gasteiger partial charge < -0.3 is 5.73 Å². The molecule has 0 aromatic heterocycles. The predicted molar refractivity (Wildman–Crippen MR) is 62.7 cm³/mol. The van der Waals surface area contributed by atoms with E-state index in [0.29, 0.717) is 11.5 Å². The van der Waals surface area contributed by atoms with Gasteiger partial charge in [-0.25, -0.2) is 4.39 Å². The molecular formula is C12H17ClFN. The van der Waals surface area contributed by atoms with E-state index < -0.39 is 0 Å². The fourth-order valence-corrected chi connectivity index (χ4v) is 1.89. The van der Waals surface area contributed by atoms with Gasteiger partial charge in [0.15, 0.2) is 0 Å². The van der Waals surface area contributed by atoms with Crippen LogP contribution in [0.15, 0.2) is 18.2 Å². The Kier molecular flexibility index (Phi) is 4.12. The van der Waals surface area contributed by atoms with E-state index in [1.807, 2.05) is 12.1 Å². The van der Waals surface area contributed by atoms with Crippen LogP contribution in [-0.2, 0) is 0 Å². The minimum atomic E-state index is -0.141. The average Bonchev–Trinajstić information content (AvgIpc) is 2.06. The molecule has 2 rings (SSSR count). The van der Waals surface area contributed by atoms with Crippen LogP contribution in [0.25, 0.3) is 0 Å². The van der Waals surface area contributed by atoms with E-state index in [2.05, 4.69) is 0 Å². The van der Waals surface area contributed by atoms with E-state index >= 15 is 0 Å². The zero-order chi connectivity index (χ0) is 10.1. The molecule has 1 saturated carbocycles. The summed E-state index contributed by atoms with van der Waals surface area (Å²) in [6.45, 7) is 1.77. The highest BCUT2D eigenvalue weighted by molar-refractivity contribution is 5.85. The third-order valence-corrected chi connectivity index (χ3v) is 3.24. The lowest BCUT2D eigenvalue weighted by Gasteiger charge is -2.31. The molecule has 84 valence electrons. The quantitative estimate of drug-likeness (QED) is 0.827. The van der Waals surface area contributed by atoms with Gasteiger partial charge in [0.25, 0.3) is 0 Å². The zero-order valence-electron chi connectivity index (χ0n) is 8.87. The summed E-state index contributed by atoms with van der Waals surface area (Å²) < 4.78 is 13.3. The molecule has 1 aliphatic rings. The van der Waals surface area contributed by atoms with E-state index in [9.17, 15) is 4.39 Å². The Morgan fingerprint density at radius 1 is 1.40 bits per heavy atom. The highest BCUT2D eigenvalue weighted by Crippen LogP contribution is 2.36. The summed E-state index contributed by atoms with van der Waals surface area (Å²) in [6, 6.07) is 5.36. The first-order chi connectivity index (χ1) is 6.68. The number of halogens is 2. The van der Waals surface area contributed by atoms with Crippen molar-refractivity contribution in [3.05, 3.63) is 35.1 Å². The van der Waals surface area contributed by atoms with Gasteiger partial charge in [-0.1, -0.05) is 18.6 Å². The molecule has 3 heteroatoms. The van der Waals surface area contributed by atoms with Crippen LogP contribution >= 0.6 is 12.4 Å². The van der Waals surface area contributed by atoms with Crippen molar-refractivity contribution in [1.82, 2.24) is 0 Å². The van der Waals surface area contributed by atoms with Crippen molar-refractivity contribution in [3.63, 3.8) is 0 Å². The maximum Gasteiger partial charge on any atom is 0.126 e. The SMILES string of the molecule is Cc1ccc([C@H](N)C2CCC2)cc1F.Cl. The maximum absolute atomic E-state index is 13.3. The number of rotatable bonds is 2. The molecule has 1 aromatic rings. The van der Waals surface area contributed by atoms with E-state index in [1.54, 1.807) is 13.0 Å². The van der Waals surface area contributed by atoms with Crippen LogP contribution in [-0.4, -0.2) is 0 Å². The number of benzene rings is 1. The second-order valence-corrected chi connectivity index (χ2v) is 4.23. The smallest absolute Gasteiger partial charge is 0.126 e. The summed E-state index contributed by atoms with van der Waals surface area (Å²) in [5.74, 6) is 0.425. The summed E-state index contributed by atoms with van der Waals surface area (Å²) in [6.07, 6.45) is 3.65. The second-order valence-electron chi connectivity index (χ2n) is 4.23. The standard InChI is InChI=1S/C12H16FN.ClH/c1-8-5-6-10(7-11(8)13)12(14)9-3-2-4-9;/h5-7,9,12H,2-4,14H2,1H3;1H/t12-;/m1./s1. The first kappa shape index (κ1) is 12.5. The van der Waals surface area contributed by atoms with E-state index in [0.717, 1.165) is 5.56 Å². The van der Waals surface area contributed by atoms with E-state index in [4.69, 9.17) is 5.73 Å². The van der Waals surface area contributed by atoms with Gasteiger partial charge in [-0.05, 0) is 42.9 Å². The van der Waals surface area contributed by atoms with Crippen LogP contribution in [0.5, 0.6) is 0 Å². The lowest BCUT2D eigenvalue weighted by atomic mass is 9.77. The molecule has 1 aromatic carbocycles. The first-order valence-corrected chi connectivity index (χ1v) is 5.20. The molecule has 0 spiro atoms. The minimum absolute atomic E-state index is 0. The molecule has 0 bridgehead atoms. The van der Waals surface area contributed by atoms with Gasteiger partial charge in [-0.2, -0.15) is 0 Å². The van der Waals surface area contributed by atoms with Gasteiger partial charge in [0.05, 0.1) is 0 Å². The third-order valence-electron chi connectivity index (χ3n) is 3.24. The summed E-state index contributed by atoms with van der Waals surface area (Å²) in [4.78, 5) is 0. The van der Waals surface area contributed by atoms with Gasteiger partial charge in [0.2, 0.25) is 0 Å². The summed E-state index contributed by atoms with van der Waals surface area (Å²) in [5, 5.41) is 0. The molecule has 2 N–H and O–H groups in total. The topological polar surface area (TPSA) is 26.0 Å². The zero-order valence-corrected chi connectivity index (χ0v) is 9.69. The van der Waals surface area contributed by atoms with Crippen LogP contribution < -0.4 is 5.73 Å². The largest absolute Gasteiger partial charge is 0.324 e. The van der Waals surface area contributed by atoms with Crippen LogP contribution in [0.4, 0.5) is 4.39 Å². The maximum atomic E-state index is 13.3. The van der Waals surface area contributed by atoms with Crippen molar-refractivity contribution in [2.24, 2.45) is 11.7 Å². The number of aryl methyl sites for hydroxylation is 1. The second kappa shape index (κ2) is 4.95. The molecule has 0 radical (unpaired) electrons. The molecule has 0 amide bonds. The molecule has 0 aliphatic heterocycles. The molecule has 1 nitrogen and oxygen atoms in total. The Balaban J connectivity index is 0.00000112. The number of nitrogens with two attached hydrogens (primary N) is 1. The molecule has 0 unspecified atom stereocenters. The molecular weight excluding hydrogens is 213 g/mol. The van der Waals surface area contributed by atoms with Crippen LogP contribution in [0.2, 0.25) is 0 Å². The van der Waals surface area contributed by atoms with Crippen molar-refractivity contribution in [2.75, 3.05) is 0 Å². The van der Waals surface area contributed by atoms with Crippen LogP contribution in [0.1, 0.15) is 36.4 Å². The summed E-state index contributed by atoms with van der Waals surface area (Å²) in [5.41, 5.74) is 7.68. The van der Waals surface area contributed by atoms with E-state index in [1.165, 1.54) is 19.3 Å². The average molecular weight is 230 g/mol. The predicted octanol–water partition coefficient (Wildman–Crippen LogP) is 3.36. The van der Waals surface area contributed by atoms with Gasteiger partial charge in [-0.3, -0.25) is 0 Å². The van der Waals surface area contributed by atoms with Gasteiger partial charge >= 0.3 is 0 Å². The summed E-state index contributed by atoms with van der Waals surface area (Å²) in [7, 11) is 0. The Morgan fingerprint density at radius 2 is 2.07 bits per heavy atom. The van der Waals surface area contributed by atoms with Crippen molar-refractivity contribution in [2.45, 2.75) is 32.2 Å². The fraction of sp³-hybridized carbons (Fsp3) is 0.500. The van der Waals surface area contributed by atoms with Crippen molar-refractivity contribution in [3.8, 4) is 0 Å². The molecule has 1 aliphatic carbocycles. The number of hydrogen-bond acceptors (Lipinski definition) is 1. The van der Waals surface area contributed by atoms with Gasteiger partial charge in [0.1, 0.15) is 5.82 Å². The van der Waals surface area contributed by atoms with Crippen LogP contribution in [0.3, 0.4) is 0 Å². The van der Waals surface area contributed by atoms with E-state index in [-0.39, 0.29) is 24.3 Å². The molecule has 0 saturated heterocycles. The molecule has 15 heavy (non-hydrogen) atoms. The van der Waals surface area contributed by atoms with Crippen molar-refractivity contribution >= 4 is 12.4 Å². The first-order valence-electron chi connectivity index (χ1n) is 5.20. The highest BCUT2D eigenvalue weighted by Gasteiger charge is 2.25. The Labute approximate surface area is 96.3 Å². The lowest BCUT2D eigenvalue weighted by Crippen LogP contribution is -2.26. The summed E-state index contributed by atoms with van der Waals surface area (Å²) >= 11 is 0. The Hall–Kier alpha value is -0.600. The molecule has 0 heterocycles. The lowest BCUT2D eigenvalue weighted by molar-refractivity contribution is 0.264.